The summed E-state index contributed by atoms with van der Waals surface area (Å²) in [7, 11) is 0. The van der Waals surface area contributed by atoms with E-state index in [4.69, 9.17) is 9.84 Å². The van der Waals surface area contributed by atoms with Gasteiger partial charge in [-0.25, -0.2) is 9.59 Å². The number of alkyl carbamates (subject to hydrolysis) is 1. The van der Waals surface area contributed by atoms with Crippen molar-refractivity contribution in [1.29, 1.82) is 0 Å². The summed E-state index contributed by atoms with van der Waals surface area (Å²) in [5.41, 5.74) is -0.622. The fourth-order valence-corrected chi connectivity index (χ4v) is 2.36. The van der Waals surface area contributed by atoms with Crippen molar-refractivity contribution in [2.24, 2.45) is 0 Å². The SMILES string of the molecule is CCCCSCC[C@H](NC(=O)OC(C)(C)C)C(=O)O. The van der Waals surface area contributed by atoms with Crippen LogP contribution in [0.25, 0.3) is 0 Å². The molecule has 0 spiro atoms. The molecule has 5 nitrogen and oxygen atoms in total. The molecule has 2 N–H and O–H groups in total. The second-order valence-electron chi connectivity index (χ2n) is 5.29. The van der Waals surface area contributed by atoms with Crippen molar-refractivity contribution in [3.63, 3.8) is 0 Å². The summed E-state index contributed by atoms with van der Waals surface area (Å²) in [4.78, 5) is 22.5. The van der Waals surface area contributed by atoms with Gasteiger partial charge >= 0.3 is 12.1 Å². The third-order valence-corrected chi connectivity index (χ3v) is 3.28. The van der Waals surface area contributed by atoms with Gasteiger partial charge in [-0.3, -0.25) is 0 Å². The summed E-state index contributed by atoms with van der Waals surface area (Å²) >= 11 is 1.71. The Morgan fingerprint density at radius 1 is 1.32 bits per heavy atom. The van der Waals surface area contributed by atoms with Gasteiger partial charge in [0.25, 0.3) is 0 Å². The highest BCUT2D eigenvalue weighted by Gasteiger charge is 2.23. The van der Waals surface area contributed by atoms with Crippen LogP contribution < -0.4 is 5.32 Å². The Balaban J connectivity index is 4.05. The fraction of sp³-hybridized carbons (Fsp3) is 0.846. The molecule has 0 aromatic rings. The van der Waals surface area contributed by atoms with Crippen LogP contribution in [0.15, 0.2) is 0 Å². The number of amides is 1. The molecule has 0 aliphatic rings. The normalized spacial score (nSPS) is 12.8. The van der Waals surface area contributed by atoms with Gasteiger partial charge in [0.05, 0.1) is 0 Å². The van der Waals surface area contributed by atoms with E-state index in [-0.39, 0.29) is 0 Å². The maximum absolute atomic E-state index is 11.5. The van der Waals surface area contributed by atoms with Crippen LogP contribution in [0.2, 0.25) is 0 Å². The number of nitrogens with one attached hydrogen (secondary N) is 1. The van der Waals surface area contributed by atoms with Crippen LogP contribution in [0.5, 0.6) is 0 Å². The van der Waals surface area contributed by atoms with E-state index in [9.17, 15) is 9.59 Å². The zero-order valence-corrected chi connectivity index (χ0v) is 13.0. The minimum absolute atomic E-state index is 0.406. The van der Waals surface area contributed by atoms with Crippen LogP contribution in [-0.2, 0) is 9.53 Å². The average Bonchev–Trinajstić information content (AvgIpc) is 2.24. The Morgan fingerprint density at radius 3 is 2.42 bits per heavy atom. The molecule has 0 unspecified atom stereocenters. The number of unbranched alkanes of at least 4 members (excludes halogenated alkanes) is 1. The van der Waals surface area contributed by atoms with Gasteiger partial charge in [-0.05, 0) is 45.1 Å². The van der Waals surface area contributed by atoms with E-state index >= 15 is 0 Å². The van der Waals surface area contributed by atoms with Crippen molar-refractivity contribution in [2.45, 2.75) is 58.6 Å². The molecule has 6 heteroatoms. The van der Waals surface area contributed by atoms with Crippen LogP contribution >= 0.6 is 11.8 Å². The third-order valence-electron chi connectivity index (χ3n) is 2.18. The number of carbonyl (C=O) groups is 2. The summed E-state index contributed by atoms with van der Waals surface area (Å²) < 4.78 is 5.04. The number of ether oxygens (including phenoxy) is 1. The number of aliphatic carboxylic acids is 1. The van der Waals surface area contributed by atoms with Crippen molar-refractivity contribution >= 4 is 23.8 Å². The monoisotopic (exact) mass is 291 g/mol. The number of thioether (sulfide) groups is 1. The highest BCUT2D eigenvalue weighted by molar-refractivity contribution is 7.99. The zero-order chi connectivity index (χ0) is 14.9. The molecule has 19 heavy (non-hydrogen) atoms. The molecule has 0 rings (SSSR count). The Morgan fingerprint density at radius 2 is 1.95 bits per heavy atom. The number of hydrogen-bond donors (Lipinski definition) is 2. The molecule has 0 aliphatic carbocycles. The predicted molar refractivity (Wildman–Crippen MR) is 77.6 cm³/mol. The predicted octanol–water partition coefficient (Wildman–Crippen LogP) is 2.89. The van der Waals surface area contributed by atoms with Gasteiger partial charge < -0.3 is 15.2 Å². The molecule has 0 radical (unpaired) electrons. The molecule has 112 valence electrons. The van der Waals surface area contributed by atoms with E-state index in [0.717, 1.165) is 18.6 Å². The molecule has 0 aliphatic heterocycles. The lowest BCUT2D eigenvalue weighted by molar-refractivity contribution is -0.139. The lowest BCUT2D eigenvalue weighted by Crippen LogP contribution is -2.43. The summed E-state index contributed by atoms with van der Waals surface area (Å²) in [5, 5.41) is 11.4. The molecule has 0 aromatic carbocycles. The van der Waals surface area contributed by atoms with Crippen LogP contribution in [-0.4, -0.2) is 40.3 Å². The molecular formula is C13H25NO4S. The first-order valence-corrected chi connectivity index (χ1v) is 7.71. The van der Waals surface area contributed by atoms with Crippen molar-refractivity contribution in [3.05, 3.63) is 0 Å². The summed E-state index contributed by atoms with van der Waals surface area (Å²) in [6.45, 7) is 7.33. The quantitative estimate of drug-likeness (QED) is 0.673. The van der Waals surface area contributed by atoms with Gasteiger partial charge in [-0.15, -0.1) is 0 Å². The summed E-state index contributed by atoms with van der Waals surface area (Å²) in [6.07, 6.45) is 1.98. The lowest BCUT2D eigenvalue weighted by Gasteiger charge is -2.21. The Labute approximate surface area is 119 Å². The molecule has 0 fully saturated rings. The molecule has 0 saturated heterocycles. The summed E-state index contributed by atoms with van der Waals surface area (Å²) in [5.74, 6) is 0.712. The van der Waals surface area contributed by atoms with Crippen molar-refractivity contribution in [2.75, 3.05) is 11.5 Å². The number of hydrogen-bond acceptors (Lipinski definition) is 4. The average molecular weight is 291 g/mol. The Kier molecular flexibility index (Phi) is 8.63. The number of carboxylic acid groups (broad SMARTS) is 1. The van der Waals surface area contributed by atoms with Gasteiger partial charge in [-0.1, -0.05) is 13.3 Å². The standard InChI is InChI=1S/C13H25NO4S/c1-5-6-8-19-9-7-10(11(15)16)14-12(17)18-13(2,3)4/h10H,5-9H2,1-4H3,(H,14,17)(H,15,16)/t10-/m0/s1. The number of carboxylic acids is 1. The van der Waals surface area contributed by atoms with E-state index < -0.39 is 23.7 Å². The highest BCUT2D eigenvalue weighted by atomic mass is 32.2. The van der Waals surface area contributed by atoms with Gasteiger partial charge in [0.15, 0.2) is 0 Å². The van der Waals surface area contributed by atoms with E-state index in [1.807, 2.05) is 0 Å². The molecule has 1 amide bonds. The van der Waals surface area contributed by atoms with E-state index in [0.29, 0.717) is 12.2 Å². The first-order valence-electron chi connectivity index (χ1n) is 6.56. The van der Waals surface area contributed by atoms with E-state index in [2.05, 4.69) is 12.2 Å². The second kappa shape index (κ2) is 9.07. The first kappa shape index (κ1) is 18.1. The number of rotatable bonds is 8. The molecule has 0 saturated carbocycles. The van der Waals surface area contributed by atoms with Crippen LogP contribution in [0.3, 0.4) is 0 Å². The summed E-state index contributed by atoms with van der Waals surface area (Å²) in [6, 6.07) is -0.885. The van der Waals surface area contributed by atoms with Gasteiger partial charge in [0, 0.05) is 0 Å². The van der Waals surface area contributed by atoms with Crippen molar-refractivity contribution < 1.29 is 19.4 Å². The van der Waals surface area contributed by atoms with Crippen molar-refractivity contribution in [3.8, 4) is 0 Å². The van der Waals surface area contributed by atoms with Crippen LogP contribution in [0, 0.1) is 0 Å². The minimum Gasteiger partial charge on any atom is -0.480 e. The van der Waals surface area contributed by atoms with Gasteiger partial charge in [0.2, 0.25) is 0 Å². The highest BCUT2D eigenvalue weighted by Crippen LogP contribution is 2.10. The van der Waals surface area contributed by atoms with Gasteiger partial charge in [-0.2, -0.15) is 11.8 Å². The second-order valence-corrected chi connectivity index (χ2v) is 6.52. The maximum atomic E-state index is 11.5. The molecule has 0 aromatic heterocycles. The fourth-order valence-electron chi connectivity index (χ4n) is 1.26. The topological polar surface area (TPSA) is 75.6 Å². The smallest absolute Gasteiger partial charge is 0.408 e. The molecule has 1 atom stereocenters. The lowest BCUT2D eigenvalue weighted by atomic mass is 10.2. The third kappa shape index (κ3) is 10.7. The molecule has 0 heterocycles. The Bertz CT molecular complexity index is 289. The van der Waals surface area contributed by atoms with Crippen LogP contribution in [0.4, 0.5) is 4.79 Å². The van der Waals surface area contributed by atoms with E-state index in [1.54, 1.807) is 32.5 Å². The zero-order valence-electron chi connectivity index (χ0n) is 12.2. The largest absolute Gasteiger partial charge is 0.480 e. The minimum atomic E-state index is -1.03. The molecular weight excluding hydrogens is 266 g/mol. The first-order chi connectivity index (χ1) is 8.76. The van der Waals surface area contributed by atoms with Crippen molar-refractivity contribution in [1.82, 2.24) is 5.32 Å². The molecule has 0 bridgehead atoms. The maximum Gasteiger partial charge on any atom is 0.408 e. The number of carbonyl (C=O) groups excluding carboxylic acids is 1. The van der Waals surface area contributed by atoms with Crippen LogP contribution in [0.1, 0.15) is 47.0 Å². The Hall–Kier alpha value is -0.910. The van der Waals surface area contributed by atoms with E-state index in [1.165, 1.54) is 0 Å². The van der Waals surface area contributed by atoms with Gasteiger partial charge in [0.1, 0.15) is 11.6 Å².